The third-order valence-corrected chi connectivity index (χ3v) is 6.17. The van der Waals surface area contributed by atoms with E-state index in [0.717, 1.165) is 0 Å². The van der Waals surface area contributed by atoms with Gasteiger partial charge in [0.05, 0.1) is 0 Å². The van der Waals surface area contributed by atoms with E-state index in [0.29, 0.717) is 12.8 Å². The van der Waals surface area contributed by atoms with Gasteiger partial charge in [-0.1, -0.05) is 24.3 Å². The molecule has 0 radical (unpaired) electrons. The number of benzene rings is 1. The maximum absolute atomic E-state index is 14.6. The van der Waals surface area contributed by atoms with E-state index in [1.165, 1.54) is 34.8 Å². The molecule has 0 bridgehead atoms. The summed E-state index contributed by atoms with van der Waals surface area (Å²) in [6.45, 7) is 0.414. The SMILES string of the molecule is O=S(=O)(c1ccccn1)N1CCC(C(F)c2ccccc2F)CC1. The first kappa shape index (κ1) is 17.0. The molecule has 0 N–H and O–H groups in total. The van der Waals surface area contributed by atoms with Gasteiger partial charge < -0.3 is 0 Å². The van der Waals surface area contributed by atoms with Crippen molar-refractivity contribution in [1.82, 2.24) is 9.29 Å². The van der Waals surface area contributed by atoms with E-state index in [1.807, 2.05) is 0 Å². The van der Waals surface area contributed by atoms with Gasteiger partial charge in [0.2, 0.25) is 0 Å². The highest BCUT2D eigenvalue weighted by atomic mass is 32.2. The standard InChI is InChI=1S/C17H18F2N2O2S/c18-15-6-2-1-5-14(15)17(19)13-8-11-21(12-9-13)24(22,23)16-7-3-4-10-20-16/h1-7,10,13,17H,8-9,11-12H2. The smallest absolute Gasteiger partial charge is 0.243 e. The topological polar surface area (TPSA) is 50.3 Å². The Balaban J connectivity index is 1.69. The Morgan fingerprint density at radius 2 is 1.75 bits per heavy atom. The minimum atomic E-state index is -3.66. The minimum absolute atomic E-state index is 0.00523. The lowest BCUT2D eigenvalue weighted by Gasteiger charge is -2.32. The van der Waals surface area contributed by atoms with Gasteiger partial charge in [0.1, 0.15) is 12.0 Å². The van der Waals surface area contributed by atoms with Crippen LogP contribution >= 0.6 is 0 Å². The fourth-order valence-electron chi connectivity index (χ4n) is 2.99. The molecule has 2 aromatic rings. The fourth-order valence-corrected chi connectivity index (χ4v) is 4.39. The number of rotatable bonds is 4. The number of sulfonamides is 1. The normalized spacial score (nSPS) is 18.4. The summed E-state index contributed by atoms with van der Waals surface area (Å²) in [5, 5.41) is -0.00523. The van der Waals surface area contributed by atoms with Crippen LogP contribution in [0.4, 0.5) is 8.78 Å². The van der Waals surface area contributed by atoms with Gasteiger partial charge in [-0.3, -0.25) is 0 Å². The molecule has 1 unspecified atom stereocenters. The van der Waals surface area contributed by atoms with Gasteiger partial charge in [0.25, 0.3) is 10.0 Å². The molecule has 1 aromatic heterocycles. The summed E-state index contributed by atoms with van der Waals surface area (Å²) in [7, 11) is -3.66. The Kier molecular flexibility index (Phi) is 4.91. The molecule has 0 saturated carbocycles. The highest BCUT2D eigenvalue weighted by Gasteiger charge is 2.34. The van der Waals surface area contributed by atoms with Crippen molar-refractivity contribution in [2.24, 2.45) is 5.92 Å². The number of aromatic nitrogens is 1. The van der Waals surface area contributed by atoms with Gasteiger partial charge in [-0.25, -0.2) is 22.2 Å². The second-order valence-corrected chi connectivity index (χ2v) is 7.72. The van der Waals surface area contributed by atoms with Crippen molar-refractivity contribution in [2.45, 2.75) is 24.0 Å². The van der Waals surface area contributed by atoms with E-state index >= 15 is 0 Å². The minimum Gasteiger partial charge on any atom is -0.243 e. The van der Waals surface area contributed by atoms with Crippen LogP contribution in [0.3, 0.4) is 0 Å². The first-order valence-electron chi connectivity index (χ1n) is 7.80. The lowest BCUT2D eigenvalue weighted by atomic mass is 9.89. The van der Waals surface area contributed by atoms with E-state index < -0.39 is 27.9 Å². The molecular weight excluding hydrogens is 334 g/mol. The Morgan fingerprint density at radius 3 is 2.38 bits per heavy atom. The first-order chi connectivity index (χ1) is 11.5. The van der Waals surface area contributed by atoms with Gasteiger partial charge in [0, 0.05) is 24.8 Å². The second kappa shape index (κ2) is 6.94. The van der Waals surface area contributed by atoms with Crippen LogP contribution in [0.2, 0.25) is 0 Å². The molecule has 2 heterocycles. The van der Waals surface area contributed by atoms with Crippen molar-refractivity contribution in [3.63, 3.8) is 0 Å². The number of nitrogens with zero attached hydrogens (tertiary/aromatic N) is 2. The molecule has 1 aromatic carbocycles. The summed E-state index contributed by atoms with van der Waals surface area (Å²) in [5.74, 6) is -0.953. The highest BCUT2D eigenvalue weighted by Crippen LogP contribution is 2.36. The Morgan fingerprint density at radius 1 is 1.08 bits per heavy atom. The Bertz CT molecular complexity index is 791. The third-order valence-electron chi connectivity index (χ3n) is 4.36. The largest absolute Gasteiger partial charge is 0.260 e. The van der Waals surface area contributed by atoms with Gasteiger partial charge in [-0.05, 0) is 37.0 Å². The molecule has 4 nitrogen and oxygen atoms in total. The summed E-state index contributed by atoms with van der Waals surface area (Å²) in [4.78, 5) is 3.89. The molecule has 128 valence electrons. The first-order valence-corrected chi connectivity index (χ1v) is 9.24. The summed E-state index contributed by atoms with van der Waals surface area (Å²) in [6.07, 6.45) is 0.698. The third kappa shape index (κ3) is 3.32. The predicted octanol–water partition coefficient (Wildman–Crippen LogP) is 3.33. The zero-order valence-electron chi connectivity index (χ0n) is 13.0. The van der Waals surface area contributed by atoms with Crippen LogP contribution in [0, 0.1) is 11.7 Å². The molecule has 24 heavy (non-hydrogen) atoms. The Hall–Kier alpha value is -1.86. The average Bonchev–Trinajstić information content (AvgIpc) is 2.62. The van der Waals surface area contributed by atoms with E-state index in [2.05, 4.69) is 4.98 Å². The average molecular weight is 352 g/mol. The quantitative estimate of drug-likeness (QED) is 0.848. The second-order valence-electron chi connectivity index (χ2n) is 5.83. The maximum Gasteiger partial charge on any atom is 0.260 e. The monoisotopic (exact) mass is 352 g/mol. The molecule has 0 aliphatic carbocycles. The van der Waals surface area contributed by atoms with E-state index in [1.54, 1.807) is 18.2 Å². The maximum atomic E-state index is 14.6. The molecule has 1 saturated heterocycles. The van der Waals surface area contributed by atoms with E-state index in [4.69, 9.17) is 0 Å². The van der Waals surface area contributed by atoms with Crippen molar-refractivity contribution in [3.8, 4) is 0 Å². The summed E-state index contributed by atoms with van der Waals surface area (Å²) < 4.78 is 54.7. The number of hydrogen-bond acceptors (Lipinski definition) is 3. The summed E-state index contributed by atoms with van der Waals surface area (Å²) >= 11 is 0. The molecular formula is C17H18F2N2O2S. The molecule has 1 aliphatic rings. The zero-order valence-corrected chi connectivity index (χ0v) is 13.8. The van der Waals surface area contributed by atoms with Crippen molar-refractivity contribution >= 4 is 10.0 Å². The molecule has 1 atom stereocenters. The van der Waals surface area contributed by atoms with Crippen LogP contribution in [0.25, 0.3) is 0 Å². The van der Waals surface area contributed by atoms with Crippen molar-refractivity contribution in [1.29, 1.82) is 0 Å². The molecule has 1 aliphatic heterocycles. The number of hydrogen-bond donors (Lipinski definition) is 0. The lowest BCUT2D eigenvalue weighted by Crippen LogP contribution is -2.39. The van der Waals surface area contributed by atoms with Gasteiger partial charge in [-0.2, -0.15) is 4.31 Å². The van der Waals surface area contributed by atoms with Crippen molar-refractivity contribution in [3.05, 3.63) is 60.0 Å². The van der Waals surface area contributed by atoms with Gasteiger partial charge >= 0.3 is 0 Å². The summed E-state index contributed by atoms with van der Waals surface area (Å²) in [5.41, 5.74) is 0.0449. The van der Waals surface area contributed by atoms with E-state index in [9.17, 15) is 17.2 Å². The Labute approximate surface area is 140 Å². The van der Waals surface area contributed by atoms with Crippen molar-refractivity contribution < 1.29 is 17.2 Å². The molecule has 3 rings (SSSR count). The van der Waals surface area contributed by atoms with Gasteiger partial charge in [0.15, 0.2) is 5.03 Å². The van der Waals surface area contributed by atoms with Gasteiger partial charge in [-0.15, -0.1) is 0 Å². The predicted molar refractivity (Wildman–Crippen MR) is 86.0 cm³/mol. The summed E-state index contributed by atoms with van der Waals surface area (Å²) in [6, 6.07) is 10.5. The zero-order chi connectivity index (χ0) is 17.2. The fraction of sp³-hybridized carbons (Fsp3) is 0.353. The molecule has 7 heteroatoms. The number of piperidine rings is 1. The number of alkyl halides is 1. The molecule has 1 fully saturated rings. The van der Waals surface area contributed by atoms with Crippen LogP contribution < -0.4 is 0 Å². The molecule has 0 amide bonds. The highest BCUT2D eigenvalue weighted by molar-refractivity contribution is 7.89. The van der Waals surface area contributed by atoms with Crippen LogP contribution in [0.5, 0.6) is 0 Å². The number of pyridine rings is 1. The number of halogens is 2. The van der Waals surface area contributed by atoms with Crippen LogP contribution in [0.1, 0.15) is 24.6 Å². The van der Waals surface area contributed by atoms with E-state index in [-0.39, 0.29) is 23.7 Å². The van der Waals surface area contributed by atoms with Crippen LogP contribution in [-0.4, -0.2) is 30.8 Å². The lowest BCUT2D eigenvalue weighted by molar-refractivity contribution is 0.157. The van der Waals surface area contributed by atoms with Crippen LogP contribution in [0.15, 0.2) is 53.7 Å². The van der Waals surface area contributed by atoms with Crippen LogP contribution in [-0.2, 0) is 10.0 Å². The van der Waals surface area contributed by atoms with Crippen molar-refractivity contribution in [2.75, 3.05) is 13.1 Å². The molecule has 0 spiro atoms.